The zero-order valence-corrected chi connectivity index (χ0v) is 14.7. The first-order valence-electron chi connectivity index (χ1n) is 8.82. The highest BCUT2D eigenvalue weighted by Crippen LogP contribution is 2.35. The first kappa shape index (κ1) is 17.1. The zero-order chi connectivity index (χ0) is 16.9. The highest BCUT2D eigenvalue weighted by atomic mass is 32.1. The number of nitrogens with one attached hydrogen (secondary N) is 3. The molecule has 1 heterocycles. The number of rotatable bonds is 7. The molecule has 1 aromatic rings. The molecule has 1 aromatic heterocycles. The minimum absolute atomic E-state index is 0.0140. The summed E-state index contributed by atoms with van der Waals surface area (Å²) in [7, 11) is 0. The van der Waals surface area contributed by atoms with Crippen LogP contribution in [0.4, 0.5) is 0 Å². The van der Waals surface area contributed by atoms with Crippen molar-refractivity contribution in [3.05, 3.63) is 10.6 Å². The van der Waals surface area contributed by atoms with Crippen molar-refractivity contribution in [2.24, 2.45) is 5.92 Å². The second kappa shape index (κ2) is 7.92. The van der Waals surface area contributed by atoms with Crippen LogP contribution >= 0.6 is 12.2 Å². The molecule has 0 saturated heterocycles. The van der Waals surface area contributed by atoms with Crippen molar-refractivity contribution < 1.29 is 9.59 Å². The first-order valence-corrected chi connectivity index (χ1v) is 9.23. The smallest absolute Gasteiger partial charge is 0.239 e. The van der Waals surface area contributed by atoms with E-state index in [-0.39, 0.29) is 18.4 Å². The summed E-state index contributed by atoms with van der Waals surface area (Å²) in [5.41, 5.74) is 0. The standard InChI is InChI=1S/C16H25N5O2S/c22-14(8-11-4-2-1-3-5-11)18-10-15(23)17-9-13-19-20-16(24)21(13)12-6-7-12/h11-12H,1-10H2,(H,17,23)(H,18,22)(H,20,24). The molecule has 3 rings (SSSR count). The van der Waals surface area contributed by atoms with Crippen molar-refractivity contribution >= 4 is 24.0 Å². The fraction of sp³-hybridized carbons (Fsp3) is 0.750. The van der Waals surface area contributed by atoms with Crippen LogP contribution in [0.25, 0.3) is 0 Å². The average Bonchev–Trinajstić information content (AvgIpc) is 3.35. The van der Waals surface area contributed by atoms with Gasteiger partial charge in [0, 0.05) is 12.5 Å². The third-order valence-corrected chi connectivity index (χ3v) is 5.07. The molecule has 0 unspecified atom stereocenters. The van der Waals surface area contributed by atoms with Gasteiger partial charge in [-0.05, 0) is 43.8 Å². The predicted molar refractivity (Wildman–Crippen MR) is 91.7 cm³/mol. The van der Waals surface area contributed by atoms with Gasteiger partial charge in [0.2, 0.25) is 11.8 Å². The molecular weight excluding hydrogens is 326 g/mol. The van der Waals surface area contributed by atoms with E-state index in [4.69, 9.17) is 12.2 Å². The second-order valence-corrected chi connectivity index (χ2v) is 7.19. The van der Waals surface area contributed by atoms with Crippen molar-refractivity contribution in [3.8, 4) is 0 Å². The van der Waals surface area contributed by atoms with Gasteiger partial charge in [-0.1, -0.05) is 19.3 Å². The van der Waals surface area contributed by atoms with Crippen LogP contribution < -0.4 is 10.6 Å². The monoisotopic (exact) mass is 351 g/mol. The number of hydrogen-bond donors (Lipinski definition) is 3. The summed E-state index contributed by atoms with van der Waals surface area (Å²) in [5, 5.41) is 12.4. The predicted octanol–water partition coefficient (Wildman–Crippen LogP) is 1.98. The lowest BCUT2D eigenvalue weighted by molar-refractivity contribution is -0.126. The second-order valence-electron chi connectivity index (χ2n) is 6.81. The van der Waals surface area contributed by atoms with E-state index < -0.39 is 0 Å². The van der Waals surface area contributed by atoms with E-state index in [0.717, 1.165) is 31.5 Å². The molecule has 0 aromatic carbocycles. The normalized spacial score (nSPS) is 18.3. The van der Waals surface area contributed by atoms with Gasteiger partial charge in [-0.3, -0.25) is 19.3 Å². The van der Waals surface area contributed by atoms with Gasteiger partial charge in [0.15, 0.2) is 10.6 Å². The van der Waals surface area contributed by atoms with E-state index in [1.165, 1.54) is 19.3 Å². The lowest BCUT2D eigenvalue weighted by Gasteiger charge is -2.20. The molecule has 2 amide bonds. The number of nitrogens with zero attached hydrogens (tertiary/aromatic N) is 2. The molecule has 2 aliphatic rings. The van der Waals surface area contributed by atoms with Gasteiger partial charge in [-0.15, -0.1) is 0 Å². The molecule has 7 nitrogen and oxygen atoms in total. The summed E-state index contributed by atoms with van der Waals surface area (Å²) in [6.07, 6.45) is 8.71. The van der Waals surface area contributed by atoms with Crippen LogP contribution in [-0.4, -0.2) is 33.1 Å². The molecule has 3 N–H and O–H groups in total. The lowest BCUT2D eigenvalue weighted by Crippen LogP contribution is -2.37. The lowest BCUT2D eigenvalue weighted by atomic mass is 9.87. The molecular formula is C16H25N5O2S. The van der Waals surface area contributed by atoms with Crippen LogP contribution in [-0.2, 0) is 16.1 Å². The number of carbonyl (C=O) groups is 2. The summed E-state index contributed by atoms with van der Waals surface area (Å²) in [5.74, 6) is 0.985. The molecule has 0 atom stereocenters. The topological polar surface area (TPSA) is 91.8 Å². The van der Waals surface area contributed by atoms with Gasteiger partial charge in [-0.2, -0.15) is 5.10 Å². The highest BCUT2D eigenvalue weighted by molar-refractivity contribution is 7.71. The van der Waals surface area contributed by atoms with Crippen LogP contribution in [0.15, 0.2) is 0 Å². The van der Waals surface area contributed by atoms with E-state index in [2.05, 4.69) is 20.8 Å². The van der Waals surface area contributed by atoms with Crippen LogP contribution in [0.1, 0.15) is 63.2 Å². The fourth-order valence-corrected chi connectivity index (χ4v) is 3.62. The number of aromatic amines is 1. The Hall–Kier alpha value is -1.70. The van der Waals surface area contributed by atoms with Crippen molar-refractivity contribution in [2.45, 2.75) is 64.0 Å². The number of H-pyrrole nitrogens is 1. The number of aromatic nitrogens is 3. The van der Waals surface area contributed by atoms with E-state index in [1.807, 2.05) is 4.57 Å². The number of hydrogen-bond acceptors (Lipinski definition) is 4. The third-order valence-electron chi connectivity index (χ3n) is 4.78. The van der Waals surface area contributed by atoms with Gasteiger partial charge in [0.05, 0.1) is 13.1 Å². The molecule has 0 aliphatic heterocycles. The summed E-state index contributed by atoms with van der Waals surface area (Å²) in [6, 6.07) is 0.415. The van der Waals surface area contributed by atoms with Crippen molar-refractivity contribution in [3.63, 3.8) is 0 Å². The molecule has 0 radical (unpaired) electrons. The minimum atomic E-state index is -0.205. The SMILES string of the molecule is O=C(CNC(=O)CC1CCCCC1)NCc1n[nH]c(=S)n1C1CC1. The van der Waals surface area contributed by atoms with E-state index in [1.54, 1.807) is 0 Å². The maximum atomic E-state index is 11.9. The van der Waals surface area contributed by atoms with Crippen LogP contribution in [0.3, 0.4) is 0 Å². The largest absolute Gasteiger partial charge is 0.347 e. The zero-order valence-electron chi connectivity index (χ0n) is 13.8. The average molecular weight is 351 g/mol. The summed E-state index contributed by atoms with van der Waals surface area (Å²) in [6.45, 7) is 0.334. The number of carbonyl (C=O) groups excluding carboxylic acids is 2. The van der Waals surface area contributed by atoms with Gasteiger partial charge in [-0.25, -0.2) is 0 Å². The van der Waals surface area contributed by atoms with Gasteiger partial charge >= 0.3 is 0 Å². The van der Waals surface area contributed by atoms with Crippen molar-refractivity contribution in [2.75, 3.05) is 6.54 Å². The van der Waals surface area contributed by atoms with Crippen molar-refractivity contribution in [1.29, 1.82) is 0 Å². The minimum Gasteiger partial charge on any atom is -0.347 e. The highest BCUT2D eigenvalue weighted by Gasteiger charge is 2.27. The Labute approximate surface area is 146 Å². The Morgan fingerprint density at radius 3 is 2.58 bits per heavy atom. The van der Waals surface area contributed by atoms with Crippen molar-refractivity contribution in [1.82, 2.24) is 25.4 Å². The Morgan fingerprint density at radius 1 is 1.12 bits per heavy atom. The molecule has 2 aliphatic carbocycles. The Kier molecular flexibility index (Phi) is 5.65. The maximum absolute atomic E-state index is 11.9. The molecule has 24 heavy (non-hydrogen) atoms. The Balaban J connectivity index is 1.38. The molecule has 0 bridgehead atoms. The summed E-state index contributed by atoms with van der Waals surface area (Å²) in [4.78, 5) is 23.8. The first-order chi connectivity index (χ1) is 11.6. The molecule has 132 valence electrons. The van der Waals surface area contributed by atoms with E-state index in [0.29, 0.717) is 29.7 Å². The Morgan fingerprint density at radius 2 is 1.88 bits per heavy atom. The van der Waals surface area contributed by atoms with Crippen LogP contribution in [0.5, 0.6) is 0 Å². The summed E-state index contributed by atoms with van der Waals surface area (Å²) >= 11 is 5.21. The fourth-order valence-electron chi connectivity index (χ4n) is 3.32. The summed E-state index contributed by atoms with van der Waals surface area (Å²) < 4.78 is 2.57. The Bertz CT molecular complexity index is 643. The molecule has 8 heteroatoms. The van der Waals surface area contributed by atoms with E-state index >= 15 is 0 Å². The van der Waals surface area contributed by atoms with Crippen LogP contribution in [0, 0.1) is 10.7 Å². The quantitative estimate of drug-likeness (QED) is 0.655. The third kappa shape index (κ3) is 4.66. The van der Waals surface area contributed by atoms with E-state index in [9.17, 15) is 9.59 Å². The van der Waals surface area contributed by atoms with Gasteiger partial charge in [0.1, 0.15) is 0 Å². The molecule has 0 spiro atoms. The number of amides is 2. The maximum Gasteiger partial charge on any atom is 0.239 e. The molecule has 2 saturated carbocycles. The van der Waals surface area contributed by atoms with Gasteiger partial charge in [0.25, 0.3) is 0 Å². The molecule has 2 fully saturated rings. The van der Waals surface area contributed by atoms with Crippen LogP contribution in [0.2, 0.25) is 0 Å². The van der Waals surface area contributed by atoms with Gasteiger partial charge < -0.3 is 10.6 Å².